The second-order valence-corrected chi connectivity index (χ2v) is 7.22. The Hall–Kier alpha value is -2.94. The van der Waals surface area contributed by atoms with Crippen LogP contribution in [0.4, 0.5) is 0 Å². The van der Waals surface area contributed by atoms with Crippen LogP contribution in [0.25, 0.3) is 12.2 Å². The first kappa shape index (κ1) is 21.4. The second kappa shape index (κ2) is 10.4. The molecule has 0 saturated heterocycles. The molecule has 2 aromatic carbocycles. The first-order valence-corrected chi connectivity index (χ1v) is 9.55. The van der Waals surface area contributed by atoms with Gasteiger partial charge in [-0.05, 0) is 75.4 Å². The highest BCUT2D eigenvalue weighted by molar-refractivity contribution is 5.72. The molecule has 2 rings (SSSR count). The topological polar surface area (TPSA) is 49.7 Å². The van der Waals surface area contributed by atoms with Gasteiger partial charge in [-0.3, -0.25) is 0 Å². The molecule has 0 unspecified atom stereocenters. The Balaban J connectivity index is 2.07. The van der Waals surface area contributed by atoms with Gasteiger partial charge in [0.25, 0.3) is 0 Å². The molecule has 2 aromatic rings. The minimum absolute atomic E-state index is 0.114. The van der Waals surface area contributed by atoms with Gasteiger partial charge in [0, 0.05) is 5.56 Å². The largest absolute Gasteiger partial charge is 0.507 e. The van der Waals surface area contributed by atoms with Gasteiger partial charge in [-0.15, -0.1) is 0 Å². The molecule has 0 aliphatic rings. The Morgan fingerprint density at radius 3 is 2.07 bits per heavy atom. The van der Waals surface area contributed by atoms with Crippen LogP contribution >= 0.6 is 0 Å². The van der Waals surface area contributed by atoms with E-state index in [-0.39, 0.29) is 11.5 Å². The van der Waals surface area contributed by atoms with Gasteiger partial charge < -0.3 is 14.9 Å². The summed E-state index contributed by atoms with van der Waals surface area (Å²) in [5, 5.41) is 20.7. The number of rotatable bonds is 8. The molecule has 0 radical (unpaired) electrons. The summed E-state index contributed by atoms with van der Waals surface area (Å²) in [6.07, 6.45) is 10.6. The minimum atomic E-state index is 0.114. The van der Waals surface area contributed by atoms with Gasteiger partial charge >= 0.3 is 0 Å². The molecule has 0 saturated carbocycles. The van der Waals surface area contributed by atoms with E-state index in [0.717, 1.165) is 29.7 Å². The second-order valence-electron chi connectivity index (χ2n) is 7.22. The number of aromatic hydroxyl groups is 2. The summed E-state index contributed by atoms with van der Waals surface area (Å²) >= 11 is 0. The number of ether oxygens (including phenoxy) is 1. The van der Waals surface area contributed by atoms with E-state index in [1.807, 2.05) is 36.4 Å². The fourth-order valence-electron chi connectivity index (χ4n) is 2.84. The normalized spacial score (nSPS) is 11.6. The maximum Gasteiger partial charge on any atom is 0.123 e. The molecule has 0 atom stereocenters. The van der Waals surface area contributed by atoms with Crippen molar-refractivity contribution in [1.29, 1.82) is 0 Å². The molecule has 0 aliphatic carbocycles. The van der Waals surface area contributed by atoms with E-state index in [9.17, 15) is 10.2 Å². The Morgan fingerprint density at radius 1 is 0.893 bits per heavy atom. The molecule has 3 nitrogen and oxygen atoms in total. The average Bonchev–Trinajstić information content (AvgIpc) is 2.65. The number of benzene rings is 2. The summed E-state index contributed by atoms with van der Waals surface area (Å²) in [4.78, 5) is 0. The quantitative estimate of drug-likeness (QED) is 0.406. The first-order valence-electron chi connectivity index (χ1n) is 9.55. The first-order chi connectivity index (χ1) is 13.4. The van der Waals surface area contributed by atoms with Crippen LogP contribution in [0, 0.1) is 0 Å². The van der Waals surface area contributed by atoms with Gasteiger partial charge in [0.05, 0.1) is 7.11 Å². The van der Waals surface area contributed by atoms with Crippen LogP contribution in [-0.2, 0) is 6.42 Å². The van der Waals surface area contributed by atoms with Crippen LogP contribution in [-0.4, -0.2) is 17.3 Å². The molecule has 148 valence electrons. The van der Waals surface area contributed by atoms with Gasteiger partial charge in [-0.1, -0.05) is 47.6 Å². The highest BCUT2D eigenvalue weighted by Gasteiger charge is 2.08. The van der Waals surface area contributed by atoms with Crippen LogP contribution in [0.3, 0.4) is 0 Å². The van der Waals surface area contributed by atoms with E-state index in [1.54, 1.807) is 19.2 Å². The summed E-state index contributed by atoms with van der Waals surface area (Å²) < 4.78 is 5.15. The third kappa shape index (κ3) is 6.66. The van der Waals surface area contributed by atoms with Crippen molar-refractivity contribution in [2.75, 3.05) is 7.11 Å². The zero-order valence-corrected chi connectivity index (χ0v) is 17.2. The van der Waals surface area contributed by atoms with Crippen molar-refractivity contribution < 1.29 is 14.9 Å². The zero-order valence-electron chi connectivity index (χ0n) is 17.2. The standard InChI is InChI=1S/C25H30O3/c1-18(2)6-5-7-19(3)8-15-23-24(26)16-21(17-25(23)27)10-9-20-11-13-22(28-4)14-12-20/h6,8-14,16-17,26-27H,5,7,15H2,1-4H3/b10-9-,19-8+. The monoisotopic (exact) mass is 378 g/mol. The molecule has 0 spiro atoms. The van der Waals surface area contributed by atoms with Crippen molar-refractivity contribution in [3.05, 3.63) is 76.4 Å². The molecule has 2 N–H and O–H groups in total. The molecular formula is C25H30O3. The van der Waals surface area contributed by atoms with Crippen LogP contribution in [0.15, 0.2) is 59.7 Å². The fourth-order valence-corrected chi connectivity index (χ4v) is 2.84. The van der Waals surface area contributed by atoms with Crippen molar-refractivity contribution in [3.8, 4) is 17.2 Å². The summed E-state index contributed by atoms with van der Waals surface area (Å²) in [7, 11) is 1.64. The number of allylic oxidation sites excluding steroid dienone is 4. The van der Waals surface area contributed by atoms with E-state index >= 15 is 0 Å². The number of hydrogen-bond acceptors (Lipinski definition) is 3. The predicted octanol–water partition coefficient (Wildman–Crippen LogP) is 6.51. The summed E-state index contributed by atoms with van der Waals surface area (Å²) in [6.45, 7) is 6.28. The number of methoxy groups -OCH3 is 1. The van der Waals surface area contributed by atoms with Gasteiger partial charge in [-0.25, -0.2) is 0 Å². The zero-order chi connectivity index (χ0) is 20.5. The lowest BCUT2D eigenvalue weighted by Gasteiger charge is -2.08. The Labute approximate surface area is 168 Å². The van der Waals surface area contributed by atoms with Crippen LogP contribution in [0.5, 0.6) is 17.2 Å². The van der Waals surface area contributed by atoms with Crippen LogP contribution in [0.2, 0.25) is 0 Å². The van der Waals surface area contributed by atoms with Gasteiger partial charge in [-0.2, -0.15) is 0 Å². The van der Waals surface area contributed by atoms with E-state index in [2.05, 4.69) is 32.9 Å². The summed E-state index contributed by atoms with van der Waals surface area (Å²) in [5.74, 6) is 1.03. The lowest BCUT2D eigenvalue weighted by atomic mass is 10.0. The maximum atomic E-state index is 10.4. The van der Waals surface area contributed by atoms with Crippen molar-refractivity contribution >= 4 is 12.2 Å². The minimum Gasteiger partial charge on any atom is -0.507 e. The average molecular weight is 379 g/mol. The number of phenols is 2. The van der Waals surface area contributed by atoms with Gasteiger partial charge in [0.2, 0.25) is 0 Å². The Bertz CT molecular complexity index is 844. The molecule has 0 bridgehead atoms. The van der Waals surface area contributed by atoms with E-state index < -0.39 is 0 Å². The highest BCUT2D eigenvalue weighted by Crippen LogP contribution is 2.31. The number of hydrogen-bond donors (Lipinski definition) is 2. The Morgan fingerprint density at radius 2 is 1.50 bits per heavy atom. The maximum absolute atomic E-state index is 10.4. The van der Waals surface area contributed by atoms with Crippen LogP contribution < -0.4 is 4.74 Å². The molecule has 3 heteroatoms. The smallest absolute Gasteiger partial charge is 0.123 e. The van der Waals surface area contributed by atoms with E-state index in [0.29, 0.717) is 12.0 Å². The fraction of sp³-hybridized carbons (Fsp3) is 0.280. The molecule has 0 amide bonds. The third-order valence-corrected chi connectivity index (χ3v) is 4.56. The van der Waals surface area contributed by atoms with E-state index in [4.69, 9.17) is 4.74 Å². The molecule has 0 fully saturated rings. The predicted molar refractivity (Wildman–Crippen MR) is 118 cm³/mol. The van der Waals surface area contributed by atoms with Crippen molar-refractivity contribution in [2.45, 2.75) is 40.0 Å². The lowest BCUT2D eigenvalue weighted by molar-refractivity contribution is 0.415. The van der Waals surface area contributed by atoms with Gasteiger partial charge in [0.15, 0.2) is 0 Å². The van der Waals surface area contributed by atoms with Crippen molar-refractivity contribution in [3.63, 3.8) is 0 Å². The SMILES string of the molecule is COc1ccc(/C=C\c2cc(O)c(C/C=C(\C)CCC=C(C)C)c(O)c2)cc1. The molecule has 28 heavy (non-hydrogen) atoms. The Kier molecular flexibility index (Phi) is 7.94. The molecule has 0 aromatic heterocycles. The van der Waals surface area contributed by atoms with Crippen molar-refractivity contribution in [2.24, 2.45) is 0 Å². The summed E-state index contributed by atoms with van der Waals surface area (Å²) in [5.41, 5.74) is 4.89. The highest BCUT2D eigenvalue weighted by atomic mass is 16.5. The molecule has 0 aliphatic heterocycles. The number of phenolic OH excluding ortho intramolecular Hbond substituents is 2. The van der Waals surface area contributed by atoms with Gasteiger partial charge in [0.1, 0.15) is 17.2 Å². The summed E-state index contributed by atoms with van der Waals surface area (Å²) in [6, 6.07) is 11.1. The molecule has 0 heterocycles. The third-order valence-electron chi connectivity index (χ3n) is 4.56. The van der Waals surface area contributed by atoms with Crippen molar-refractivity contribution in [1.82, 2.24) is 0 Å². The van der Waals surface area contributed by atoms with Crippen LogP contribution in [0.1, 0.15) is 50.3 Å². The van der Waals surface area contributed by atoms with E-state index in [1.165, 1.54) is 11.1 Å². The lowest BCUT2D eigenvalue weighted by Crippen LogP contribution is -1.88. The molecular weight excluding hydrogens is 348 g/mol.